The molecule has 0 spiro atoms. The van der Waals surface area contributed by atoms with E-state index < -0.39 is 0 Å². The molecule has 37 heavy (non-hydrogen) atoms. The number of carbonyl (C=O) groups is 2. The van der Waals surface area contributed by atoms with E-state index in [1.807, 2.05) is 30.3 Å². The maximum absolute atomic E-state index is 13.4. The van der Waals surface area contributed by atoms with Crippen LogP contribution in [-0.4, -0.2) is 30.1 Å². The minimum Gasteiger partial charge on any atom is -0.493 e. The summed E-state index contributed by atoms with van der Waals surface area (Å²) in [5.74, 6) is 1.20. The number of ketones is 2. The van der Waals surface area contributed by atoms with Gasteiger partial charge in [-0.2, -0.15) is 0 Å². The first-order valence-corrected chi connectivity index (χ1v) is 14.4. The maximum Gasteiger partial charge on any atom is 0.174 e. The Bertz CT molecular complexity index is 1270. The van der Waals surface area contributed by atoms with E-state index in [1.54, 1.807) is 7.11 Å². The molecule has 0 fully saturated rings. The van der Waals surface area contributed by atoms with Gasteiger partial charge in [0.25, 0.3) is 0 Å². The molecule has 2 aromatic rings. The Hall–Kier alpha value is -2.32. The fourth-order valence-corrected chi connectivity index (χ4v) is 6.87. The summed E-state index contributed by atoms with van der Waals surface area (Å²) in [6.45, 7) is 3.34. The van der Waals surface area contributed by atoms with Crippen LogP contribution in [0.3, 0.4) is 0 Å². The summed E-state index contributed by atoms with van der Waals surface area (Å²) in [4.78, 5) is 29.2. The van der Waals surface area contributed by atoms with Crippen molar-refractivity contribution in [3.05, 3.63) is 78.7 Å². The number of nitrogens with zero attached hydrogens (tertiary/aromatic N) is 1. The molecule has 0 bridgehead atoms. The van der Waals surface area contributed by atoms with Crippen molar-refractivity contribution < 1.29 is 19.1 Å². The Labute approximate surface area is 237 Å². The molecule has 194 valence electrons. The molecule has 0 aromatic heterocycles. The van der Waals surface area contributed by atoms with E-state index in [2.05, 4.69) is 40.5 Å². The Balaban J connectivity index is 1.60. The number of hydrogen-bond donors (Lipinski definition) is 0. The smallest absolute Gasteiger partial charge is 0.174 e. The summed E-state index contributed by atoms with van der Waals surface area (Å²) in [6.07, 6.45) is 5.49. The van der Waals surface area contributed by atoms with E-state index in [0.717, 1.165) is 75.9 Å². The van der Waals surface area contributed by atoms with Crippen molar-refractivity contribution in [3.63, 3.8) is 0 Å². The first kappa shape index (κ1) is 26.3. The van der Waals surface area contributed by atoms with Crippen LogP contribution >= 0.6 is 34.2 Å². The summed E-state index contributed by atoms with van der Waals surface area (Å²) in [7, 11) is 1.62. The second kappa shape index (κ2) is 11.2. The van der Waals surface area contributed by atoms with E-state index in [9.17, 15) is 9.59 Å². The number of benzene rings is 2. The van der Waals surface area contributed by atoms with Gasteiger partial charge in [0.05, 0.1) is 10.7 Å². The van der Waals surface area contributed by atoms with E-state index in [-0.39, 0.29) is 17.5 Å². The van der Waals surface area contributed by atoms with Gasteiger partial charge in [-0.25, -0.2) is 0 Å². The van der Waals surface area contributed by atoms with Gasteiger partial charge in [0.15, 0.2) is 23.1 Å². The number of ether oxygens (including phenoxy) is 2. The minimum absolute atomic E-state index is 0.160. The third-order valence-corrected chi connectivity index (χ3v) is 8.43. The van der Waals surface area contributed by atoms with Crippen LogP contribution in [0.25, 0.3) is 0 Å². The molecule has 0 amide bonds. The molecule has 2 aromatic carbocycles. The van der Waals surface area contributed by atoms with E-state index >= 15 is 0 Å². The Kier molecular flexibility index (Phi) is 7.96. The average Bonchev–Trinajstić information content (AvgIpc) is 2.88. The molecule has 0 radical (unpaired) electrons. The number of halogens is 2. The average molecular weight is 632 g/mol. The zero-order chi connectivity index (χ0) is 26.1. The van der Waals surface area contributed by atoms with Gasteiger partial charge in [0.2, 0.25) is 0 Å². The molecule has 1 heterocycles. The summed E-state index contributed by atoms with van der Waals surface area (Å²) in [5.41, 5.74) is 5.72. The number of carbonyl (C=O) groups excluding carboxylic acids is 2. The van der Waals surface area contributed by atoms with Crippen LogP contribution in [0.4, 0.5) is 0 Å². The van der Waals surface area contributed by atoms with Crippen LogP contribution in [-0.2, 0) is 16.2 Å². The molecule has 0 unspecified atom stereocenters. The van der Waals surface area contributed by atoms with Gasteiger partial charge < -0.3 is 14.4 Å². The SMILES string of the molecule is CCCN1C2=C(C(=O)CCC2)C(c2cc(I)c(OCc3cccc(Cl)c3)c(OC)c2)C2=C1CCCC2=O. The monoisotopic (exact) mass is 631 g/mol. The molecule has 1 aliphatic heterocycles. The van der Waals surface area contributed by atoms with Crippen molar-refractivity contribution in [2.24, 2.45) is 0 Å². The molecule has 7 heteroatoms. The number of methoxy groups -OCH3 is 1. The zero-order valence-corrected chi connectivity index (χ0v) is 24.2. The van der Waals surface area contributed by atoms with Gasteiger partial charge in [-0.05, 0) is 90.1 Å². The van der Waals surface area contributed by atoms with Crippen molar-refractivity contribution in [1.29, 1.82) is 0 Å². The predicted octanol–water partition coefficient (Wildman–Crippen LogP) is 7.36. The summed E-state index contributed by atoms with van der Waals surface area (Å²) in [6, 6.07) is 11.6. The first-order chi connectivity index (χ1) is 17.9. The summed E-state index contributed by atoms with van der Waals surface area (Å²) < 4.78 is 12.9. The molecule has 2 aliphatic carbocycles. The topological polar surface area (TPSA) is 55.8 Å². The van der Waals surface area contributed by atoms with E-state index in [0.29, 0.717) is 36.0 Å². The fraction of sp³-hybridized carbons (Fsp3) is 0.400. The van der Waals surface area contributed by atoms with Crippen molar-refractivity contribution in [1.82, 2.24) is 4.90 Å². The highest BCUT2D eigenvalue weighted by molar-refractivity contribution is 14.1. The van der Waals surface area contributed by atoms with Crippen LogP contribution in [0.15, 0.2) is 58.9 Å². The molecular formula is C30H31ClINO4. The van der Waals surface area contributed by atoms with Gasteiger partial charge >= 0.3 is 0 Å². The number of rotatable bonds is 7. The lowest BCUT2D eigenvalue weighted by Crippen LogP contribution is -2.39. The van der Waals surface area contributed by atoms with Crippen LogP contribution in [0, 0.1) is 3.57 Å². The quantitative estimate of drug-likeness (QED) is 0.299. The van der Waals surface area contributed by atoms with Crippen molar-refractivity contribution in [2.75, 3.05) is 13.7 Å². The molecule has 3 aliphatic rings. The molecule has 0 saturated carbocycles. The summed E-state index contributed by atoms with van der Waals surface area (Å²) >= 11 is 8.40. The predicted molar refractivity (Wildman–Crippen MR) is 153 cm³/mol. The Morgan fingerprint density at radius 2 is 1.68 bits per heavy atom. The third kappa shape index (κ3) is 5.07. The van der Waals surface area contributed by atoms with Crippen LogP contribution in [0.5, 0.6) is 11.5 Å². The zero-order valence-electron chi connectivity index (χ0n) is 21.2. The summed E-state index contributed by atoms with van der Waals surface area (Å²) in [5, 5.41) is 0.662. The van der Waals surface area contributed by atoms with E-state index in [4.69, 9.17) is 21.1 Å². The van der Waals surface area contributed by atoms with Crippen molar-refractivity contribution in [2.45, 2.75) is 64.4 Å². The standard InChI is InChI=1S/C30H31ClINO4/c1-3-13-33-22-9-5-11-24(34)28(22)27(29-23(33)10-6-12-25(29)35)19-15-21(32)30(26(16-19)36-2)37-17-18-7-4-8-20(31)14-18/h4,7-8,14-16,27H,3,5-6,9-13,17H2,1-2H3. The van der Waals surface area contributed by atoms with Gasteiger partial charge in [-0.3, -0.25) is 9.59 Å². The van der Waals surface area contributed by atoms with Gasteiger partial charge in [0.1, 0.15) is 6.61 Å². The van der Waals surface area contributed by atoms with Crippen LogP contribution in [0.2, 0.25) is 5.02 Å². The first-order valence-electron chi connectivity index (χ1n) is 13.0. The minimum atomic E-state index is -0.358. The lowest BCUT2D eigenvalue weighted by Gasteiger charge is -2.44. The number of Topliss-reactive ketones (excluding diaryl/α,β-unsaturated/α-hetero) is 2. The highest BCUT2D eigenvalue weighted by Crippen LogP contribution is 2.50. The molecule has 0 N–H and O–H groups in total. The normalized spacial score (nSPS) is 18.2. The van der Waals surface area contributed by atoms with Crippen LogP contribution < -0.4 is 9.47 Å². The molecule has 5 nitrogen and oxygen atoms in total. The molecule has 0 atom stereocenters. The second-order valence-corrected chi connectivity index (χ2v) is 11.4. The highest BCUT2D eigenvalue weighted by atomic mass is 127. The van der Waals surface area contributed by atoms with Gasteiger partial charge in [-0.1, -0.05) is 30.7 Å². The third-order valence-electron chi connectivity index (χ3n) is 7.39. The molecule has 5 rings (SSSR count). The van der Waals surface area contributed by atoms with Gasteiger partial charge in [0, 0.05) is 52.9 Å². The van der Waals surface area contributed by atoms with Crippen molar-refractivity contribution in [3.8, 4) is 11.5 Å². The number of allylic oxidation sites excluding steroid dienone is 4. The molecule has 0 saturated heterocycles. The second-order valence-electron chi connectivity index (χ2n) is 9.81. The van der Waals surface area contributed by atoms with E-state index in [1.165, 1.54) is 0 Å². The Morgan fingerprint density at radius 3 is 2.27 bits per heavy atom. The van der Waals surface area contributed by atoms with Crippen molar-refractivity contribution >= 4 is 45.8 Å². The molecular weight excluding hydrogens is 601 g/mol. The lowest BCUT2D eigenvalue weighted by atomic mass is 9.71. The van der Waals surface area contributed by atoms with Crippen LogP contribution in [0.1, 0.15) is 68.9 Å². The lowest BCUT2D eigenvalue weighted by molar-refractivity contribution is -0.117. The largest absolute Gasteiger partial charge is 0.493 e. The van der Waals surface area contributed by atoms with Gasteiger partial charge in [-0.15, -0.1) is 0 Å². The highest BCUT2D eigenvalue weighted by Gasteiger charge is 2.43. The fourth-order valence-electron chi connectivity index (χ4n) is 5.87. The Morgan fingerprint density at radius 1 is 1.00 bits per heavy atom. The number of hydrogen-bond acceptors (Lipinski definition) is 5. The maximum atomic E-state index is 13.4.